The second-order valence-electron chi connectivity index (χ2n) is 6.96. The molecule has 2 atom stereocenters. The third-order valence-electron chi connectivity index (χ3n) is 4.94. The summed E-state index contributed by atoms with van der Waals surface area (Å²) in [5.74, 6) is -0.242. The molecule has 2 aliphatic rings. The van der Waals surface area contributed by atoms with Gasteiger partial charge in [0.05, 0.1) is 13.1 Å². The summed E-state index contributed by atoms with van der Waals surface area (Å²) in [5, 5.41) is 17.6. The Morgan fingerprint density at radius 2 is 2.15 bits per heavy atom. The fourth-order valence-corrected chi connectivity index (χ4v) is 3.43. The van der Waals surface area contributed by atoms with Crippen LogP contribution in [0.3, 0.4) is 0 Å². The Morgan fingerprint density at radius 3 is 2.81 bits per heavy atom. The van der Waals surface area contributed by atoms with Crippen LogP contribution in [-0.4, -0.2) is 50.2 Å². The zero-order valence-corrected chi connectivity index (χ0v) is 14.6. The van der Waals surface area contributed by atoms with Gasteiger partial charge in [0.1, 0.15) is 12.3 Å². The van der Waals surface area contributed by atoms with Crippen LogP contribution in [-0.2, 0) is 18.7 Å². The van der Waals surface area contributed by atoms with Gasteiger partial charge in [-0.15, -0.1) is 0 Å². The quantitative estimate of drug-likeness (QED) is 0.846. The molecule has 2 aliphatic heterocycles. The Kier molecular flexibility index (Phi) is 3.78. The van der Waals surface area contributed by atoms with E-state index in [4.69, 9.17) is 9.26 Å². The van der Waals surface area contributed by atoms with Crippen LogP contribution in [0.4, 0.5) is 13.2 Å². The van der Waals surface area contributed by atoms with Crippen LogP contribution < -0.4 is 4.74 Å². The number of aromatic nitrogens is 3. The lowest BCUT2D eigenvalue weighted by Gasteiger charge is -2.32. The summed E-state index contributed by atoms with van der Waals surface area (Å²) >= 11 is 0. The number of aliphatic hydroxyl groups is 1. The van der Waals surface area contributed by atoms with Gasteiger partial charge in [0.25, 0.3) is 5.91 Å². The molecule has 1 amide bonds. The normalized spacial score (nSPS) is 21.4. The number of hydrogen-bond donors (Lipinski definition) is 1. The van der Waals surface area contributed by atoms with Crippen molar-refractivity contribution >= 4 is 5.91 Å². The minimum absolute atomic E-state index is 0.0531. The predicted molar refractivity (Wildman–Crippen MR) is 83.0 cm³/mol. The average molecular weight is 386 g/mol. The fraction of sp³-hybridized carbons (Fsp3) is 0.562. The Labute approximate surface area is 151 Å². The van der Waals surface area contributed by atoms with E-state index in [9.17, 15) is 23.1 Å². The smallest absolute Gasteiger partial charge is 0.422 e. The van der Waals surface area contributed by atoms with Gasteiger partial charge in [-0.3, -0.25) is 4.79 Å². The number of halogens is 3. The van der Waals surface area contributed by atoms with Gasteiger partial charge in [0, 0.05) is 24.1 Å². The van der Waals surface area contributed by atoms with Crippen molar-refractivity contribution in [3.05, 3.63) is 28.8 Å². The Morgan fingerprint density at radius 1 is 1.41 bits per heavy atom. The molecule has 0 saturated carbocycles. The zero-order valence-electron chi connectivity index (χ0n) is 14.6. The van der Waals surface area contributed by atoms with Crippen LogP contribution in [0.25, 0.3) is 0 Å². The standard InChI is InChI=1S/C16H17F3N4O4/c1-8-6-22(14(24)9-5-11-23(20-9)3-4-26-11)7-10-12(8)13(21-27-10)15(2,25)16(17,18)19/h5,8,25H,3-4,6-7H2,1-2H3/t8-,15+/m0/s1. The molecule has 0 unspecified atom stereocenters. The van der Waals surface area contributed by atoms with Crippen molar-refractivity contribution in [1.29, 1.82) is 0 Å². The largest absolute Gasteiger partial charge is 0.476 e. The summed E-state index contributed by atoms with van der Waals surface area (Å²) in [6.45, 7) is 3.45. The molecule has 1 N–H and O–H groups in total. The second-order valence-corrected chi connectivity index (χ2v) is 6.96. The van der Waals surface area contributed by atoms with E-state index in [-0.39, 0.29) is 36.0 Å². The topological polar surface area (TPSA) is 93.6 Å². The van der Waals surface area contributed by atoms with Crippen molar-refractivity contribution in [2.45, 2.75) is 44.6 Å². The minimum Gasteiger partial charge on any atom is -0.476 e. The highest BCUT2D eigenvalue weighted by Crippen LogP contribution is 2.43. The molecule has 146 valence electrons. The van der Waals surface area contributed by atoms with Crippen LogP contribution in [0.5, 0.6) is 5.88 Å². The number of nitrogens with zero attached hydrogens (tertiary/aromatic N) is 4. The lowest BCUT2D eigenvalue weighted by atomic mass is 9.87. The highest BCUT2D eigenvalue weighted by molar-refractivity contribution is 5.92. The number of hydrogen-bond acceptors (Lipinski definition) is 6. The average Bonchev–Trinajstić information content (AvgIpc) is 3.26. The van der Waals surface area contributed by atoms with E-state index in [1.54, 1.807) is 11.6 Å². The maximum atomic E-state index is 13.2. The predicted octanol–water partition coefficient (Wildman–Crippen LogP) is 1.79. The van der Waals surface area contributed by atoms with Crippen molar-refractivity contribution in [2.24, 2.45) is 0 Å². The first-order chi connectivity index (χ1) is 12.6. The highest BCUT2D eigenvalue weighted by Gasteiger charge is 2.55. The number of fused-ring (bicyclic) bond motifs is 2. The molecule has 0 aliphatic carbocycles. The van der Waals surface area contributed by atoms with Gasteiger partial charge < -0.3 is 19.3 Å². The molecule has 0 bridgehead atoms. The lowest BCUT2D eigenvalue weighted by Crippen LogP contribution is -2.42. The summed E-state index contributed by atoms with van der Waals surface area (Å²) in [7, 11) is 0. The minimum atomic E-state index is -4.90. The van der Waals surface area contributed by atoms with Gasteiger partial charge in [-0.2, -0.15) is 18.3 Å². The van der Waals surface area contributed by atoms with Gasteiger partial charge in [-0.1, -0.05) is 12.1 Å². The first-order valence-corrected chi connectivity index (χ1v) is 8.37. The van der Waals surface area contributed by atoms with Gasteiger partial charge in [-0.25, -0.2) is 4.68 Å². The number of alkyl halides is 3. The number of carbonyl (C=O) groups is 1. The van der Waals surface area contributed by atoms with E-state index in [1.165, 1.54) is 11.0 Å². The maximum Gasteiger partial charge on any atom is 0.422 e. The molecule has 0 aromatic carbocycles. The summed E-state index contributed by atoms with van der Waals surface area (Å²) in [6.07, 6.45) is -4.90. The number of amides is 1. The van der Waals surface area contributed by atoms with E-state index in [1.807, 2.05) is 0 Å². The molecule has 2 aromatic rings. The van der Waals surface area contributed by atoms with Gasteiger partial charge >= 0.3 is 6.18 Å². The molecule has 8 nitrogen and oxygen atoms in total. The number of carbonyl (C=O) groups excluding carboxylic acids is 1. The van der Waals surface area contributed by atoms with E-state index < -0.39 is 23.4 Å². The first kappa shape index (κ1) is 17.8. The molecule has 0 radical (unpaired) electrons. The van der Waals surface area contributed by atoms with Crippen molar-refractivity contribution in [1.82, 2.24) is 19.8 Å². The van der Waals surface area contributed by atoms with E-state index in [0.717, 1.165) is 0 Å². The molecule has 27 heavy (non-hydrogen) atoms. The number of rotatable bonds is 2. The zero-order chi connectivity index (χ0) is 19.6. The van der Waals surface area contributed by atoms with E-state index in [0.29, 0.717) is 26.0 Å². The Hall–Kier alpha value is -2.56. The van der Waals surface area contributed by atoms with E-state index in [2.05, 4.69) is 10.3 Å². The van der Waals surface area contributed by atoms with Gasteiger partial charge in [0.2, 0.25) is 11.5 Å². The van der Waals surface area contributed by atoms with Crippen LogP contribution >= 0.6 is 0 Å². The van der Waals surface area contributed by atoms with Crippen molar-refractivity contribution < 1.29 is 32.3 Å². The third-order valence-corrected chi connectivity index (χ3v) is 4.94. The van der Waals surface area contributed by atoms with E-state index >= 15 is 0 Å². The highest BCUT2D eigenvalue weighted by atomic mass is 19.4. The molecular formula is C16H17F3N4O4. The van der Waals surface area contributed by atoms with Crippen molar-refractivity contribution in [3.8, 4) is 5.88 Å². The molecule has 4 heterocycles. The molecular weight excluding hydrogens is 369 g/mol. The molecule has 4 rings (SSSR count). The SMILES string of the molecule is C[C@H]1CN(C(=O)c2cc3n(n2)CCO3)Cc2onc([C@@](C)(O)C(F)(F)F)c21. The van der Waals surface area contributed by atoms with Crippen molar-refractivity contribution in [2.75, 3.05) is 13.2 Å². The lowest BCUT2D eigenvalue weighted by molar-refractivity contribution is -0.261. The second kappa shape index (κ2) is 5.72. The summed E-state index contributed by atoms with van der Waals surface area (Å²) in [4.78, 5) is 14.2. The molecule has 11 heteroatoms. The molecule has 0 spiro atoms. The maximum absolute atomic E-state index is 13.2. The fourth-order valence-electron chi connectivity index (χ4n) is 3.43. The van der Waals surface area contributed by atoms with Gasteiger partial charge in [0.15, 0.2) is 11.5 Å². The summed E-state index contributed by atoms with van der Waals surface area (Å²) in [6, 6.07) is 1.54. The first-order valence-electron chi connectivity index (χ1n) is 8.37. The Bertz CT molecular complexity index is 881. The molecule has 0 saturated heterocycles. The van der Waals surface area contributed by atoms with Crippen LogP contribution in [0.1, 0.15) is 47.3 Å². The van der Waals surface area contributed by atoms with Gasteiger partial charge in [-0.05, 0) is 6.92 Å². The van der Waals surface area contributed by atoms with Crippen LogP contribution in [0.15, 0.2) is 10.6 Å². The molecule has 0 fully saturated rings. The van der Waals surface area contributed by atoms with Crippen LogP contribution in [0, 0.1) is 0 Å². The Balaban J connectivity index is 1.61. The molecule has 2 aromatic heterocycles. The summed E-state index contributed by atoms with van der Waals surface area (Å²) < 4.78 is 51.5. The number of ether oxygens (including phenoxy) is 1. The monoisotopic (exact) mass is 386 g/mol. The third kappa shape index (κ3) is 2.68. The van der Waals surface area contributed by atoms with Crippen molar-refractivity contribution in [3.63, 3.8) is 0 Å². The van der Waals surface area contributed by atoms with Crippen LogP contribution in [0.2, 0.25) is 0 Å². The summed E-state index contributed by atoms with van der Waals surface area (Å²) in [5.41, 5.74) is -3.30.